The molecule has 6 heteroatoms. The number of nitrogens with zero attached hydrogens (tertiary/aromatic N) is 2. The third kappa shape index (κ3) is 3.91. The zero-order valence-corrected chi connectivity index (χ0v) is 8.67. The van der Waals surface area contributed by atoms with Gasteiger partial charge in [-0.15, -0.1) is 11.8 Å². The maximum atomic E-state index is 5.61. The van der Waals surface area contributed by atoms with E-state index < -0.39 is 0 Å². The molecule has 5 nitrogen and oxygen atoms in total. The smallest absolute Gasteiger partial charge is 0.156 e. The molecule has 1 aromatic heterocycles. The Hall–Kier alpha value is -0.850. The highest BCUT2D eigenvalue weighted by atomic mass is 32.2. The van der Waals surface area contributed by atoms with Crippen molar-refractivity contribution in [2.45, 2.75) is 5.03 Å². The summed E-state index contributed by atoms with van der Waals surface area (Å²) in [5, 5.41) is 0.754. The van der Waals surface area contributed by atoms with Crippen molar-refractivity contribution in [3.63, 3.8) is 0 Å². The third-order valence-corrected chi connectivity index (χ3v) is 2.38. The number of nitrogens with two attached hydrogens (primary N) is 2. The lowest BCUT2D eigenvalue weighted by molar-refractivity contribution is 0.158. The highest BCUT2D eigenvalue weighted by molar-refractivity contribution is 7.99. The fourth-order valence-electron chi connectivity index (χ4n) is 0.830. The van der Waals surface area contributed by atoms with Gasteiger partial charge < -0.3 is 16.2 Å². The van der Waals surface area contributed by atoms with Crippen LogP contribution in [0.25, 0.3) is 0 Å². The number of rotatable bonds is 6. The Kier molecular flexibility index (Phi) is 5.28. The molecule has 1 heterocycles. The van der Waals surface area contributed by atoms with Crippen LogP contribution in [0, 0.1) is 0 Å². The van der Waals surface area contributed by atoms with E-state index in [1.165, 1.54) is 11.8 Å². The lowest BCUT2D eigenvalue weighted by Gasteiger charge is -2.03. The molecule has 0 saturated heterocycles. The van der Waals surface area contributed by atoms with Gasteiger partial charge in [-0.1, -0.05) is 0 Å². The lowest BCUT2D eigenvalue weighted by Crippen LogP contribution is -2.10. The molecule has 0 saturated carbocycles. The molecule has 14 heavy (non-hydrogen) atoms. The first kappa shape index (κ1) is 11.2. The molecule has 78 valence electrons. The zero-order chi connectivity index (χ0) is 10.2. The summed E-state index contributed by atoms with van der Waals surface area (Å²) in [6, 6.07) is 0. The van der Waals surface area contributed by atoms with Crippen LogP contribution in [0.3, 0.4) is 0 Å². The van der Waals surface area contributed by atoms with E-state index in [1.807, 2.05) is 0 Å². The van der Waals surface area contributed by atoms with E-state index in [2.05, 4.69) is 9.97 Å². The van der Waals surface area contributed by atoms with E-state index in [9.17, 15) is 0 Å². The second-order valence-electron chi connectivity index (χ2n) is 2.50. The molecule has 0 fully saturated rings. The molecule has 0 atom stereocenters. The van der Waals surface area contributed by atoms with Crippen LogP contribution in [0.15, 0.2) is 17.4 Å². The Morgan fingerprint density at radius 1 is 1.29 bits per heavy atom. The number of ether oxygens (including phenoxy) is 1. The van der Waals surface area contributed by atoms with Crippen LogP contribution < -0.4 is 11.5 Å². The number of nitrogen functional groups attached to an aromatic ring is 1. The first-order valence-corrected chi connectivity index (χ1v) is 5.30. The molecule has 0 bridgehead atoms. The van der Waals surface area contributed by atoms with E-state index >= 15 is 0 Å². The number of hydrogen-bond donors (Lipinski definition) is 2. The van der Waals surface area contributed by atoms with Crippen LogP contribution in [-0.4, -0.2) is 35.5 Å². The van der Waals surface area contributed by atoms with Gasteiger partial charge in [0.15, 0.2) is 5.82 Å². The van der Waals surface area contributed by atoms with E-state index in [4.69, 9.17) is 16.2 Å². The Labute approximate surface area is 87.2 Å². The maximum Gasteiger partial charge on any atom is 0.156 e. The first-order valence-electron chi connectivity index (χ1n) is 4.31. The van der Waals surface area contributed by atoms with Crippen LogP contribution in [-0.2, 0) is 4.74 Å². The zero-order valence-electron chi connectivity index (χ0n) is 7.85. The molecule has 0 aliphatic rings. The summed E-state index contributed by atoms with van der Waals surface area (Å²) in [6.45, 7) is 1.80. The van der Waals surface area contributed by atoms with Crippen LogP contribution in [0.1, 0.15) is 0 Å². The van der Waals surface area contributed by atoms with Crippen molar-refractivity contribution in [3.8, 4) is 0 Å². The number of thioether (sulfide) groups is 1. The molecule has 1 aromatic rings. The van der Waals surface area contributed by atoms with Crippen LogP contribution in [0.2, 0.25) is 0 Å². The highest BCUT2D eigenvalue weighted by Crippen LogP contribution is 2.18. The SMILES string of the molecule is NCCOCCSc1nccnc1N. The lowest BCUT2D eigenvalue weighted by atomic mass is 10.7. The summed E-state index contributed by atoms with van der Waals surface area (Å²) in [7, 11) is 0. The van der Waals surface area contributed by atoms with Crippen LogP contribution >= 0.6 is 11.8 Å². The van der Waals surface area contributed by atoms with E-state index in [0.717, 1.165) is 10.8 Å². The molecule has 0 radical (unpaired) electrons. The summed E-state index contributed by atoms with van der Waals surface area (Å²) in [6.07, 6.45) is 3.20. The largest absolute Gasteiger partial charge is 0.381 e. The second kappa shape index (κ2) is 6.58. The van der Waals surface area contributed by atoms with E-state index in [-0.39, 0.29) is 0 Å². The Morgan fingerprint density at radius 2 is 2.07 bits per heavy atom. The van der Waals surface area contributed by atoms with Crippen LogP contribution in [0.5, 0.6) is 0 Å². The van der Waals surface area contributed by atoms with Gasteiger partial charge in [-0.2, -0.15) is 0 Å². The van der Waals surface area contributed by atoms with Crippen LogP contribution in [0.4, 0.5) is 5.82 Å². The van der Waals surface area contributed by atoms with Crippen molar-refractivity contribution < 1.29 is 4.74 Å². The summed E-state index contributed by atoms with van der Waals surface area (Å²) >= 11 is 1.53. The average molecular weight is 214 g/mol. The van der Waals surface area contributed by atoms with Gasteiger partial charge in [0, 0.05) is 24.7 Å². The van der Waals surface area contributed by atoms with E-state index in [1.54, 1.807) is 12.4 Å². The van der Waals surface area contributed by atoms with Gasteiger partial charge in [0.25, 0.3) is 0 Å². The predicted molar refractivity (Wildman–Crippen MR) is 57.0 cm³/mol. The molecular weight excluding hydrogens is 200 g/mol. The Morgan fingerprint density at radius 3 is 2.79 bits per heavy atom. The van der Waals surface area contributed by atoms with E-state index in [0.29, 0.717) is 25.6 Å². The molecular formula is C8H14N4OS. The van der Waals surface area contributed by atoms with Gasteiger partial charge in [0.2, 0.25) is 0 Å². The fraction of sp³-hybridized carbons (Fsp3) is 0.500. The predicted octanol–water partition coefficient (Wildman–Crippen LogP) is 0.126. The average Bonchev–Trinajstić information content (AvgIpc) is 2.20. The number of aromatic nitrogens is 2. The van der Waals surface area contributed by atoms with Gasteiger partial charge >= 0.3 is 0 Å². The molecule has 0 unspecified atom stereocenters. The van der Waals surface area contributed by atoms with Gasteiger partial charge in [-0.05, 0) is 0 Å². The summed E-state index contributed by atoms with van der Waals surface area (Å²) in [5.74, 6) is 1.28. The third-order valence-electron chi connectivity index (χ3n) is 1.42. The normalized spacial score (nSPS) is 10.4. The molecule has 1 rings (SSSR count). The van der Waals surface area contributed by atoms with Crippen molar-refractivity contribution in [1.82, 2.24) is 9.97 Å². The molecule has 0 aliphatic carbocycles. The standard InChI is InChI=1S/C8H14N4OS/c9-1-4-13-5-6-14-8-7(10)11-2-3-12-8/h2-3H,1,4-6,9H2,(H2,10,11). The topological polar surface area (TPSA) is 87.0 Å². The quantitative estimate of drug-likeness (QED) is 0.517. The van der Waals surface area contributed by atoms with Gasteiger partial charge in [-0.25, -0.2) is 9.97 Å². The van der Waals surface area contributed by atoms with Gasteiger partial charge in [-0.3, -0.25) is 0 Å². The van der Waals surface area contributed by atoms with Crippen molar-refractivity contribution in [2.75, 3.05) is 31.2 Å². The van der Waals surface area contributed by atoms with Gasteiger partial charge in [0.05, 0.1) is 13.2 Å². The molecule has 4 N–H and O–H groups in total. The Balaban J connectivity index is 2.21. The maximum absolute atomic E-state index is 5.61. The molecule has 0 aliphatic heterocycles. The summed E-state index contributed by atoms with van der Waals surface area (Å²) < 4.78 is 5.21. The molecule has 0 amide bonds. The summed E-state index contributed by atoms with van der Waals surface area (Å²) in [4.78, 5) is 8.02. The number of anilines is 1. The van der Waals surface area contributed by atoms with Crippen molar-refractivity contribution in [2.24, 2.45) is 5.73 Å². The van der Waals surface area contributed by atoms with Crippen molar-refractivity contribution in [1.29, 1.82) is 0 Å². The first-order chi connectivity index (χ1) is 6.84. The Bertz CT molecular complexity index is 271. The fourth-order valence-corrected chi connectivity index (χ4v) is 1.56. The van der Waals surface area contributed by atoms with Crippen molar-refractivity contribution in [3.05, 3.63) is 12.4 Å². The molecule has 0 aromatic carbocycles. The second-order valence-corrected chi connectivity index (χ2v) is 3.58. The van der Waals surface area contributed by atoms with Crippen molar-refractivity contribution >= 4 is 17.6 Å². The molecule has 0 spiro atoms. The van der Waals surface area contributed by atoms with Gasteiger partial charge in [0.1, 0.15) is 5.03 Å². The number of hydrogen-bond acceptors (Lipinski definition) is 6. The highest BCUT2D eigenvalue weighted by Gasteiger charge is 2.00. The minimum Gasteiger partial charge on any atom is -0.381 e. The minimum absolute atomic E-state index is 0.469. The minimum atomic E-state index is 0.469. The monoisotopic (exact) mass is 214 g/mol. The summed E-state index contributed by atoms with van der Waals surface area (Å²) in [5.41, 5.74) is 10.9.